The van der Waals surface area contributed by atoms with Crippen LogP contribution in [0.5, 0.6) is 0 Å². The molecule has 1 saturated heterocycles. The Kier molecular flexibility index (Phi) is 3.12. The Morgan fingerprint density at radius 3 is 2.62 bits per heavy atom. The Hall–Kier alpha value is -1.13. The molecule has 0 aromatic rings. The predicted molar refractivity (Wildman–Crippen MR) is 56.5 cm³/mol. The molecule has 0 unspecified atom stereocenters. The molecule has 4 nitrogen and oxygen atoms in total. The Morgan fingerprint density at radius 2 is 2.00 bits per heavy atom. The molecule has 1 heterocycles. The maximum absolute atomic E-state index is 12.2. The second-order valence-electron chi connectivity index (χ2n) is 4.51. The third kappa shape index (κ3) is 1.68. The number of nitrogens with one attached hydrogen (secondary N) is 1. The molecule has 0 atom stereocenters. The molecule has 2 amide bonds. The van der Waals surface area contributed by atoms with Crippen LogP contribution >= 0.6 is 0 Å². The first-order valence-corrected chi connectivity index (χ1v) is 5.85. The lowest BCUT2D eigenvalue weighted by Gasteiger charge is -2.43. The van der Waals surface area contributed by atoms with Crippen molar-refractivity contribution in [2.75, 3.05) is 19.8 Å². The third-order valence-corrected chi connectivity index (χ3v) is 3.59. The van der Waals surface area contributed by atoms with Gasteiger partial charge in [0, 0.05) is 6.54 Å². The maximum atomic E-state index is 12.2. The molecule has 0 bridgehead atoms. The first-order valence-electron chi connectivity index (χ1n) is 5.85. The molecule has 16 heavy (non-hydrogen) atoms. The van der Waals surface area contributed by atoms with Gasteiger partial charge in [-0.1, -0.05) is 12.8 Å². The summed E-state index contributed by atoms with van der Waals surface area (Å²) >= 11 is 0. The molecule has 1 aliphatic heterocycles. The second-order valence-corrected chi connectivity index (χ2v) is 4.51. The third-order valence-electron chi connectivity index (χ3n) is 3.59. The van der Waals surface area contributed by atoms with E-state index in [-0.39, 0.29) is 18.4 Å². The predicted octanol–water partition coefficient (Wildman–Crippen LogP) is 0.617. The Bertz CT molecular complexity index is 300. The van der Waals surface area contributed by atoms with Crippen molar-refractivity contribution in [2.24, 2.45) is 0 Å². The van der Waals surface area contributed by atoms with Gasteiger partial charge in [0.25, 0.3) is 0 Å². The molecule has 90 valence electrons. The van der Waals surface area contributed by atoms with Crippen molar-refractivity contribution in [2.45, 2.75) is 37.6 Å². The molecule has 5 heteroatoms. The van der Waals surface area contributed by atoms with Crippen molar-refractivity contribution in [3.8, 4) is 0 Å². The van der Waals surface area contributed by atoms with Crippen molar-refractivity contribution in [1.29, 1.82) is 0 Å². The summed E-state index contributed by atoms with van der Waals surface area (Å²) in [5, 5.41) is 2.65. The zero-order valence-corrected chi connectivity index (χ0v) is 9.30. The van der Waals surface area contributed by atoms with Crippen LogP contribution in [0.3, 0.4) is 0 Å². The number of alkyl halides is 1. The number of amides is 2. The van der Waals surface area contributed by atoms with E-state index in [0.29, 0.717) is 13.0 Å². The average Bonchev–Trinajstić information content (AvgIpc) is 2.75. The van der Waals surface area contributed by atoms with Gasteiger partial charge in [-0.15, -0.1) is 0 Å². The Labute approximate surface area is 94.2 Å². The normalized spacial score (nSPS) is 23.9. The molecule has 2 fully saturated rings. The van der Waals surface area contributed by atoms with E-state index >= 15 is 0 Å². The van der Waals surface area contributed by atoms with E-state index in [1.165, 1.54) is 0 Å². The highest BCUT2D eigenvalue weighted by atomic mass is 19.1. The van der Waals surface area contributed by atoms with E-state index in [4.69, 9.17) is 0 Å². The van der Waals surface area contributed by atoms with Crippen LogP contribution in [0.25, 0.3) is 0 Å². The topological polar surface area (TPSA) is 49.4 Å². The molecule has 0 radical (unpaired) electrons. The lowest BCUT2D eigenvalue weighted by atomic mass is 9.91. The number of nitrogens with zero attached hydrogens (tertiary/aromatic N) is 1. The zero-order valence-electron chi connectivity index (χ0n) is 9.30. The van der Waals surface area contributed by atoms with Crippen LogP contribution in [0.15, 0.2) is 0 Å². The highest BCUT2D eigenvalue weighted by Crippen LogP contribution is 2.37. The SMILES string of the molecule is O=C1CNC(=O)C2(CCCC2)N1CCCF. The smallest absolute Gasteiger partial charge is 0.246 e. The highest BCUT2D eigenvalue weighted by molar-refractivity contribution is 5.98. The summed E-state index contributed by atoms with van der Waals surface area (Å²) < 4.78 is 12.2. The number of halogens is 1. The summed E-state index contributed by atoms with van der Waals surface area (Å²) in [6.45, 7) is -0.0168. The molecule has 2 aliphatic rings. The van der Waals surface area contributed by atoms with E-state index in [2.05, 4.69) is 5.32 Å². The molecule has 1 aliphatic carbocycles. The van der Waals surface area contributed by atoms with Gasteiger partial charge in [-0.05, 0) is 19.3 Å². The number of hydrogen-bond donors (Lipinski definition) is 1. The highest BCUT2D eigenvalue weighted by Gasteiger charge is 2.50. The molecule has 0 aromatic carbocycles. The molecular weight excluding hydrogens is 211 g/mol. The standard InChI is InChI=1S/C11H17FN2O2/c12-6-3-7-14-9(15)8-13-10(16)11(14)4-1-2-5-11/h1-8H2,(H,13,16). The average molecular weight is 228 g/mol. The van der Waals surface area contributed by atoms with E-state index in [9.17, 15) is 14.0 Å². The van der Waals surface area contributed by atoms with Gasteiger partial charge in [0.15, 0.2) is 0 Å². The first-order chi connectivity index (χ1) is 7.70. The molecule has 1 saturated carbocycles. The van der Waals surface area contributed by atoms with Gasteiger partial charge in [-0.3, -0.25) is 14.0 Å². The molecule has 1 spiro atoms. The van der Waals surface area contributed by atoms with Crippen LogP contribution in [-0.2, 0) is 9.59 Å². The molecule has 1 N–H and O–H groups in total. The summed E-state index contributed by atoms with van der Waals surface area (Å²) in [5.41, 5.74) is -0.662. The monoisotopic (exact) mass is 228 g/mol. The summed E-state index contributed by atoms with van der Waals surface area (Å²) in [5.74, 6) is -0.126. The minimum absolute atomic E-state index is 0.0524. The van der Waals surface area contributed by atoms with Crippen LogP contribution in [0, 0.1) is 0 Å². The van der Waals surface area contributed by atoms with Crippen LogP contribution in [0.2, 0.25) is 0 Å². The fraction of sp³-hybridized carbons (Fsp3) is 0.818. The van der Waals surface area contributed by atoms with Gasteiger partial charge >= 0.3 is 0 Å². The van der Waals surface area contributed by atoms with Crippen molar-refractivity contribution in [1.82, 2.24) is 10.2 Å². The number of rotatable bonds is 3. The van der Waals surface area contributed by atoms with Crippen molar-refractivity contribution in [3.63, 3.8) is 0 Å². The van der Waals surface area contributed by atoms with E-state index < -0.39 is 12.2 Å². The largest absolute Gasteiger partial charge is 0.345 e. The van der Waals surface area contributed by atoms with Crippen molar-refractivity contribution >= 4 is 11.8 Å². The lowest BCUT2D eigenvalue weighted by Crippen LogP contribution is -2.66. The van der Waals surface area contributed by atoms with Crippen LogP contribution in [-0.4, -0.2) is 42.0 Å². The Balaban J connectivity index is 2.19. The van der Waals surface area contributed by atoms with Crippen LogP contribution in [0.4, 0.5) is 4.39 Å². The number of carbonyl (C=O) groups is 2. The molecule has 2 rings (SSSR count). The quantitative estimate of drug-likeness (QED) is 0.769. The van der Waals surface area contributed by atoms with Gasteiger partial charge in [-0.2, -0.15) is 0 Å². The summed E-state index contributed by atoms with van der Waals surface area (Å²) in [6.07, 6.45) is 3.69. The number of carbonyl (C=O) groups excluding carboxylic acids is 2. The number of hydrogen-bond acceptors (Lipinski definition) is 2. The summed E-state index contributed by atoms with van der Waals surface area (Å²) in [7, 11) is 0. The minimum atomic E-state index is -0.662. The Morgan fingerprint density at radius 1 is 1.31 bits per heavy atom. The molecular formula is C11H17FN2O2. The van der Waals surface area contributed by atoms with Crippen LogP contribution in [0.1, 0.15) is 32.1 Å². The second kappa shape index (κ2) is 4.39. The number of piperazine rings is 1. The van der Waals surface area contributed by atoms with Gasteiger partial charge in [-0.25, -0.2) is 0 Å². The van der Waals surface area contributed by atoms with Gasteiger partial charge < -0.3 is 10.2 Å². The van der Waals surface area contributed by atoms with Crippen molar-refractivity contribution < 1.29 is 14.0 Å². The fourth-order valence-electron chi connectivity index (χ4n) is 2.79. The van der Waals surface area contributed by atoms with Crippen LogP contribution < -0.4 is 5.32 Å². The van der Waals surface area contributed by atoms with E-state index in [1.807, 2.05) is 0 Å². The van der Waals surface area contributed by atoms with E-state index in [0.717, 1.165) is 25.7 Å². The van der Waals surface area contributed by atoms with Crippen molar-refractivity contribution in [3.05, 3.63) is 0 Å². The minimum Gasteiger partial charge on any atom is -0.345 e. The summed E-state index contributed by atoms with van der Waals surface area (Å²) in [4.78, 5) is 25.3. The first kappa shape index (κ1) is 11.4. The van der Waals surface area contributed by atoms with Gasteiger partial charge in [0.2, 0.25) is 11.8 Å². The fourth-order valence-corrected chi connectivity index (χ4v) is 2.79. The summed E-state index contributed by atoms with van der Waals surface area (Å²) in [6, 6.07) is 0. The van der Waals surface area contributed by atoms with Gasteiger partial charge in [0.1, 0.15) is 5.54 Å². The van der Waals surface area contributed by atoms with Gasteiger partial charge in [0.05, 0.1) is 13.2 Å². The van der Waals surface area contributed by atoms with E-state index in [1.54, 1.807) is 4.90 Å². The molecule has 0 aromatic heterocycles. The lowest BCUT2D eigenvalue weighted by molar-refractivity contribution is -0.153. The zero-order chi connectivity index (χ0) is 11.6. The maximum Gasteiger partial charge on any atom is 0.246 e.